The molecule has 0 bridgehead atoms. The lowest BCUT2D eigenvalue weighted by Gasteiger charge is -2.15. The van der Waals surface area contributed by atoms with Gasteiger partial charge in [-0.25, -0.2) is 0 Å². The highest BCUT2D eigenvalue weighted by molar-refractivity contribution is 6.32. The highest BCUT2D eigenvalue weighted by Gasteiger charge is 2.12. The number of halogens is 1. The largest absolute Gasteiger partial charge is 0.497 e. The van der Waals surface area contributed by atoms with Gasteiger partial charge in [0.2, 0.25) is 0 Å². The Morgan fingerprint density at radius 3 is 2.39 bits per heavy atom. The molecule has 0 aliphatic carbocycles. The first-order chi connectivity index (χ1) is 13.6. The number of nitrogens with zero attached hydrogens (tertiary/aromatic N) is 1. The standard InChI is InChI=1S/C21H28ClN3O3/c1-5-28-20-18(22)12-16(13-19(20)27-4)14-25-21(23-2)24-11-10-15-6-8-17(26-3)9-7-15/h6-9,12-13H,5,10-11,14H2,1-4H3,(H2,23,24,25). The summed E-state index contributed by atoms with van der Waals surface area (Å²) in [5, 5.41) is 7.12. The van der Waals surface area contributed by atoms with Crippen molar-refractivity contribution in [3.8, 4) is 17.2 Å². The fourth-order valence-electron chi connectivity index (χ4n) is 2.68. The van der Waals surface area contributed by atoms with E-state index in [0.29, 0.717) is 29.7 Å². The Kier molecular flexibility index (Phi) is 8.75. The number of benzene rings is 2. The van der Waals surface area contributed by atoms with E-state index in [9.17, 15) is 0 Å². The molecule has 0 unspecified atom stereocenters. The van der Waals surface area contributed by atoms with Crippen molar-refractivity contribution in [3.05, 3.63) is 52.5 Å². The molecule has 0 radical (unpaired) electrons. The van der Waals surface area contributed by atoms with Crippen LogP contribution in [0.5, 0.6) is 17.2 Å². The molecule has 0 aliphatic heterocycles. The topological polar surface area (TPSA) is 64.1 Å². The van der Waals surface area contributed by atoms with Crippen LogP contribution in [0, 0.1) is 0 Å². The average Bonchev–Trinajstić information content (AvgIpc) is 2.72. The first kappa shape index (κ1) is 21.7. The van der Waals surface area contributed by atoms with Crippen LogP contribution in [0.2, 0.25) is 5.02 Å². The van der Waals surface area contributed by atoms with E-state index in [1.54, 1.807) is 21.3 Å². The molecule has 2 aromatic carbocycles. The maximum atomic E-state index is 6.33. The molecule has 2 rings (SSSR count). The van der Waals surface area contributed by atoms with Crippen molar-refractivity contribution in [2.45, 2.75) is 19.9 Å². The van der Waals surface area contributed by atoms with Crippen molar-refractivity contribution in [2.75, 3.05) is 34.4 Å². The smallest absolute Gasteiger partial charge is 0.191 e. The molecule has 0 spiro atoms. The summed E-state index contributed by atoms with van der Waals surface area (Å²) in [7, 11) is 5.01. The number of guanidine groups is 1. The van der Waals surface area contributed by atoms with E-state index in [1.165, 1.54) is 5.56 Å². The third kappa shape index (κ3) is 6.23. The highest BCUT2D eigenvalue weighted by Crippen LogP contribution is 2.36. The minimum absolute atomic E-state index is 0.526. The van der Waals surface area contributed by atoms with Crippen molar-refractivity contribution >= 4 is 17.6 Å². The Morgan fingerprint density at radius 2 is 1.79 bits per heavy atom. The van der Waals surface area contributed by atoms with Crippen LogP contribution in [0.4, 0.5) is 0 Å². The number of methoxy groups -OCH3 is 2. The molecule has 0 aromatic heterocycles. The van der Waals surface area contributed by atoms with Crippen LogP contribution in [0.15, 0.2) is 41.4 Å². The van der Waals surface area contributed by atoms with Gasteiger partial charge in [0.05, 0.1) is 25.8 Å². The zero-order valence-electron chi connectivity index (χ0n) is 16.8. The molecule has 0 fully saturated rings. The molecule has 6 nitrogen and oxygen atoms in total. The van der Waals surface area contributed by atoms with E-state index >= 15 is 0 Å². The molecule has 0 saturated carbocycles. The minimum atomic E-state index is 0.526. The summed E-state index contributed by atoms with van der Waals surface area (Å²) in [6.45, 7) is 3.76. The van der Waals surface area contributed by atoms with Gasteiger partial charge < -0.3 is 24.8 Å². The van der Waals surface area contributed by atoms with Crippen molar-refractivity contribution in [1.29, 1.82) is 0 Å². The Bertz CT molecular complexity index is 779. The van der Waals surface area contributed by atoms with Gasteiger partial charge in [-0.2, -0.15) is 0 Å². The van der Waals surface area contributed by atoms with Gasteiger partial charge >= 0.3 is 0 Å². The van der Waals surface area contributed by atoms with Crippen LogP contribution in [-0.2, 0) is 13.0 Å². The molecule has 0 atom stereocenters. The maximum absolute atomic E-state index is 6.33. The minimum Gasteiger partial charge on any atom is -0.497 e. The lowest BCUT2D eigenvalue weighted by Crippen LogP contribution is -2.37. The summed E-state index contributed by atoms with van der Waals surface area (Å²) < 4.78 is 16.1. The third-order valence-corrected chi connectivity index (χ3v) is 4.41. The number of rotatable bonds is 9. The molecule has 28 heavy (non-hydrogen) atoms. The van der Waals surface area contributed by atoms with Gasteiger partial charge in [0, 0.05) is 20.1 Å². The fraction of sp³-hybridized carbons (Fsp3) is 0.381. The molecule has 2 aromatic rings. The van der Waals surface area contributed by atoms with Crippen LogP contribution in [0.3, 0.4) is 0 Å². The second-order valence-electron chi connectivity index (χ2n) is 5.99. The SMILES string of the molecule is CCOc1c(Cl)cc(CNC(=NC)NCCc2ccc(OC)cc2)cc1OC. The first-order valence-corrected chi connectivity index (χ1v) is 9.55. The number of hydrogen-bond donors (Lipinski definition) is 2. The number of ether oxygens (including phenoxy) is 3. The second-order valence-corrected chi connectivity index (χ2v) is 6.40. The summed E-state index contributed by atoms with van der Waals surface area (Å²) in [6, 6.07) is 11.8. The number of aliphatic imine (C=N–C) groups is 1. The molecular weight excluding hydrogens is 378 g/mol. The zero-order valence-corrected chi connectivity index (χ0v) is 17.6. The molecule has 0 amide bonds. The van der Waals surface area contributed by atoms with Gasteiger partial charge in [-0.15, -0.1) is 0 Å². The lowest BCUT2D eigenvalue weighted by atomic mass is 10.1. The van der Waals surface area contributed by atoms with Crippen molar-refractivity contribution < 1.29 is 14.2 Å². The Labute approximate surface area is 171 Å². The summed E-state index contributed by atoms with van der Waals surface area (Å²) in [4.78, 5) is 4.26. The van der Waals surface area contributed by atoms with E-state index in [1.807, 2.05) is 31.2 Å². The number of hydrogen-bond acceptors (Lipinski definition) is 4. The summed E-state index contributed by atoms with van der Waals surface area (Å²) in [5.41, 5.74) is 2.20. The molecule has 152 valence electrons. The van der Waals surface area contributed by atoms with Crippen molar-refractivity contribution in [3.63, 3.8) is 0 Å². The number of nitrogens with one attached hydrogen (secondary N) is 2. The first-order valence-electron chi connectivity index (χ1n) is 9.17. The fourth-order valence-corrected chi connectivity index (χ4v) is 2.97. The summed E-state index contributed by atoms with van der Waals surface area (Å²) in [5.74, 6) is 2.77. The maximum Gasteiger partial charge on any atom is 0.191 e. The molecule has 0 saturated heterocycles. The third-order valence-electron chi connectivity index (χ3n) is 4.13. The Hall–Kier alpha value is -2.60. The average molecular weight is 406 g/mol. The van der Waals surface area contributed by atoms with Gasteiger partial charge in [-0.3, -0.25) is 4.99 Å². The van der Waals surface area contributed by atoms with E-state index in [4.69, 9.17) is 25.8 Å². The molecular formula is C21H28ClN3O3. The van der Waals surface area contributed by atoms with Gasteiger partial charge in [-0.1, -0.05) is 23.7 Å². The molecule has 0 heterocycles. The second kappa shape index (κ2) is 11.3. The normalized spacial score (nSPS) is 11.1. The summed E-state index contributed by atoms with van der Waals surface area (Å²) in [6.07, 6.45) is 0.882. The molecule has 7 heteroatoms. The quantitative estimate of drug-likeness (QED) is 0.492. The van der Waals surface area contributed by atoms with Crippen LogP contribution < -0.4 is 24.8 Å². The molecule has 0 aliphatic rings. The Morgan fingerprint density at radius 1 is 1.04 bits per heavy atom. The zero-order chi connectivity index (χ0) is 20.4. The Balaban J connectivity index is 1.88. The van der Waals surface area contributed by atoms with Gasteiger partial charge in [-0.05, 0) is 48.7 Å². The van der Waals surface area contributed by atoms with E-state index < -0.39 is 0 Å². The van der Waals surface area contributed by atoms with Crippen LogP contribution in [-0.4, -0.2) is 40.4 Å². The summed E-state index contributed by atoms with van der Waals surface area (Å²) >= 11 is 6.33. The van der Waals surface area contributed by atoms with Gasteiger partial charge in [0.1, 0.15) is 5.75 Å². The predicted octanol–water partition coefficient (Wildman–Crippen LogP) is 3.66. The lowest BCUT2D eigenvalue weighted by molar-refractivity contribution is 0.311. The van der Waals surface area contributed by atoms with Crippen LogP contribution in [0.1, 0.15) is 18.1 Å². The van der Waals surface area contributed by atoms with E-state index in [2.05, 4.69) is 27.8 Å². The van der Waals surface area contributed by atoms with Crippen LogP contribution >= 0.6 is 11.6 Å². The predicted molar refractivity (Wildman–Crippen MR) is 114 cm³/mol. The van der Waals surface area contributed by atoms with Crippen molar-refractivity contribution in [1.82, 2.24) is 10.6 Å². The monoisotopic (exact) mass is 405 g/mol. The highest BCUT2D eigenvalue weighted by atomic mass is 35.5. The van der Waals surface area contributed by atoms with E-state index in [-0.39, 0.29) is 0 Å². The van der Waals surface area contributed by atoms with Gasteiger partial charge in [0.25, 0.3) is 0 Å². The van der Waals surface area contributed by atoms with Crippen LogP contribution in [0.25, 0.3) is 0 Å². The van der Waals surface area contributed by atoms with Gasteiger partial charge in [0.15, 0.2) is 17.5 Å². The van der Waals surface area contributed by atoms with Crippen molar-refractivity contribution in [2.24, 2.45) is 4.99 Å². The van der Waals surface area contributed by atoms with E-state index in [0.717, 1.165) is 30.2 Å². The molecule has 2 N–H and O–H groups in total.